The fraction of sp³-hybridized carbons (Fsp3) is 0.500. The molecule has 0 aliphatic heterocycles. The number of hydrogen-bond acceptors (Lipinski definition) is 1. The zero-order valence-corrected chi connectivity index (χ0v) is 11.7. The standard InChI is InChI=1S/C16H24N2/c1-4-12(2)11-18-8-7-15-10-14(9-13(3)17)5-6-16(15)18/h5-8,10,12-13H,4,9,11,17H2,1-3H3. The normalized spacial score (nSPS) is 14.9. The van der Waals surface area contributed by atoms with Crippen molar-refractivity contribution in [2.24, 2.45) is 11.7 Å². The maximum Gasteiger partial charge on any atom is 0.0480 e. The largest absolute Gasteiger partial charge is 0.347 e. The van der Waals surface area contributed by atoms with Gasteiger partial charge >= 0.3 is 0 Å². The average molecular weight is 244 g/mol. The van der Waals surface area contributed by atoms with Gasteiger partial charge in [0.2, 0.25) is 0 Å². The molecule has 0 aliphatic rings. The van der Waals surface area contributed by atoms with Crippen LogP contribution in [0.5, 0.6) is 0 Å². The maximum absolute atomic E-state index is 5.85. The fourth-order valence-electron chi connectivity index (χ4n) is 2.37. The Labute approximate surface area is 110 Å². The van der Waals surface area contributed by atoms with Crippen LogP contribution >= 0.6 is 0 Å². The minimum atomic E-state index is 0.227. The van der Waals surface area contributed by atoms with Crippen LogP contribution in [0.1, 0.15) is 32.8 Å². The zero-order valence-electron chi connectivity index (χ0n) is 11.7. The van der Waals surface area contributed by atoms with Crippen molar-refractivity contribution < 1.29 is 0 Å². The molecule has 2 unspecified atom stereocenters. The molecular weight excluding hydrogens is 220 g/mol. The quantitative estimate of drug-likeness (QED) is 0.856. The summed E-state index contributed by atoms with van der Waals surface area (Å²) in [4.78, 5) is 0. The molecule has 2 aromatic rings. The lowest BCUT2D eigenvalue weighted by molar-refractivity contribution is 0.477. The number of fused-ring (bicyclic) bond motifs is 1. The van der Waals surface area contributed by atoms with Gasteiger partial charge in [0.15, 0.2) is 0 Å². The molecular formula is C16H24N2. The molecule has 2 rings (SSSR count). The van der Waals surface area contributed by atoms with Crippen molar-refractivity contribution in [2.75, 3.05) is 0 Å². The highest BCUT2D eigenvalue weighted by molar-refractivity contribution is 5.80. The van der Waals surface area contributed by atoms with Crippen molar-refractivity contribution in [3.8, 4) is 0 Å². The van der Waals surface area contributed by atoms with E-state index in [9.17, 15) is 0 Å². The van der Waals surface area contributed by atoms with Gasteiger partial charge < -0.3 is 10.3 Å². The van der Waals surface area contributed by atoms with E-state index in [0.29, 0.717) is 0 Å². The van der Waals surface area contributed by atoms with Gasteiger partial charge in [-0.1, -0.05) is 26.3 Å². The molecule has 2 atom stereocenters. The van der Waals surface area contributed by atoms with Crippen LogP contribution in [-0.2, 0) is 13.0 Å². The molecule has 0 radical (unpaired) electrons. The molecule has 0 fully saturated rings. The molecule has 98 valence electrons. The van der Waals surface area contributed by atoms with Gasteiger partial charge in [-0.25, -0.2) is 0 Å². The van der Waals surface area contributed by atoms with E-state index >= 15 is 0 Å². The van der Waals surface area contributed by atoms with E-state index in [4.69, 9.17) is 5.73 Å². The number of benzene rings is 1. The molecule has 0 saturated carbocycles. The number of hydrogen-bond donors (Lipinski definition) is 1. The first-order valence-electron chi connectivity index (χ1n) is 6.93. The first kappa shape index (κ1) is 13.2. The Morgan fingerprint density at radius 3 is 2.67 bits per heavy atom. The van der Waals surface area contributed by atoms with Gasteiger partial charge in [0, 0.05) is 24.3 Å². The van der Waals surface area contributed by atoms with Crippen LogP contribution in [-0.4, -0.2) is 10.6 Å². The summed E-state index contributed by atoms with van der Waals surface area (Å²) >= 11 is 0. The van der Waals surface area contributed by atoms with Crippen LogP contribution in [0.15, 0.2) is 30.5 Å². The predicted molar refractivity (Wildman–Crippen MR) is 78.7 cm³/mol. The van der Waals surface area contributed by atoms with Crippen LogP contribution in [0, 0.1) is 5.92 Å². The first-order valence-corrected chi connectivity index (χ1v) is 6.93. The molecule has 0 amide bonds. The monoisotopic (exact) mass is 244 g/mol. The van der Waals surface area contributed by atoms with Gasteiger partial charge in [-0.2, -0.15) is 0 Å². The van der Waals surface area contributed by atoms with Crippen LogP contribution in [0.3, 0.4) is 0 Å². The summed E-state index contributed by atoms with van der Waals surface area (Å²) in [5.74, 6) is 0.726. The number of aromatic nitrogens is 1. The predicted octanol–water partition coefficient (Wildman–Crippen LogP) is 3.58. The second kappa shape index (κ2) is 5.57. The first-order chi connectivity index (χ1) is 8.60. The van der Waals surface area contributed by atoms with E-state index in [-0.39, 0.29) is 6.04 Å². The summed E-state index contributed by atoms with van der Waals surface area (Å²) in [6, 6.07) is 9.15. The van der Waals surface area contributed by atoms with E-state index in [1.807, 2.05) is 0 Å². The topological polar surface area (TPSA) is 30.9 Å². The maximum atomic E-state index is 5.85. The zero-order chi connectivity index (χ0) is 13.1. The van der Waals surface area contributed by atoms with E-state index in [2.05, 4.69) is 55.8 Å². The molecule has 2 heteroatoms. The van der Waals surface area contributed by atoms with Crippen LogP contribution in [0.2, 0.25) is 0 Å². The van der Waals surface area contributed by atoms with Gasteiger partial charge in [-0.3, -0.25) is 0 Å². The Bertz CT molecular complexity index is 511. The van der Waals surface area contributed by atoms with Crippen molar-refractivity contribution in [3.05, 3.63) is 36.0 Å². The molecule has 2 N–H and O–H groups in total. The van der Waals surface area contributed by atoms with Gasteiger partial charge in [-0.05, 0) is 48.4 Å². The van der Waals surface area contributed by atoms with Crippen molar-refractivity contribution in [1.29, 1.82) is 0 Å². The van der Waals surface area contributed by atoms with E-state index in [1.165, 1.54) is 22.9 Å². The second-order valence-electron chi connectivity index (χ2n) is 5.56. The van der Waals surface area contributed by atoms with Crippen molar-refractivity contribution in [3.63, 3.8) is 0 Å². The Balaban J connectivity index is 2.26. The molecule has 0 bridgehead atoms. The Kier molecular flexibility index (Phi) is 4.07. The SMILES string of the molecule is CCC(C)Cn1ccc2cc(CC(C)N)ccc21. The highest BCUT2D eigenvalue weighted by Crippen LogP contribution is 2.20. The lowest BCUT2D eigenvalue weighted by atomic mass is 10.1. The molecule has 0 spiro atoms. The molecule has 0 aliphatic carbocycles. The molecule has 18 heavy (non-hydrogen) atoms. The lowest BCUT2D eigenvalue weighted by Crippen LogP contribution is -2.17. The third-order valence-corrected chi connectivity index (χ3v) is 3.60. The van der Waals surface area contributed by atoms with Gasteiger partial charge in [0.25, 0.3) is 0 Å². The second-order valence-corrected chi connectivity index (χ2v) is 5.56. The van der Waals surface area contributed by atoms with Gasteiger partial charge in [0.1, 0.15) is 0 Å². The number of nitrogens with zero attached hydrogens (tertiary/aromatic N) is 1. The highest BCUT2D eigenvalue weighted by Gasteiger charge is 2.06. The molecule has 1 heterocycles. The molecule has 0 saturated heterocycles. The number of nitrogens with two attached hydrogens (primary N) is 1. The smallest absolute Gasteiger partial charge is 0.0480 e. The van der Waals surface area contributed by atoms with Crippen molar-refractivity contribution in [2.45, 2.75) is 46.2 Å². The summed E-state index contributed by atoms with van der Waals surface area (Å²) in [5.41, 5.74) is 8.52. The fourth-order valence-corrected chi connectivity index (χ4v) is 2.37. The van der Waals surface area contributed by atoms with E-state index in [1.54, 1.807) is 0 Å². The third kappa shape index (κ3) is 2.94. The Hall–Kier alpha value is -1.28. The van der Waals surface area contributed by atoms with E-state index in [0.717, 1.165) is 18.9 Å². The molecule has 2 nitrogen and oxygen atoms in total. The summed E-state index contributed by atoms with van der Waals surface area (Å²) in [6.45, 7) is 7.71. The van der Waals surface area contributed by atoms with Crippen LogP contribution < -0.4 is 5.73 Å². The Morgan fingerprint density at radius 1 is 1.22 bits per heavy atom. The lowest BCUT2D eigenvalue weighted by Gasteiger charge is -2.11. The minimum Gasteiger partial charge on any atom is -0.347 e. The minimum absolute atomic E-state index is 0.227. The third-order valence-electron chi connectivity index (χ3n) is 3.60. The Morgan fingerprint density at radius 2 is 2.00 bits per heavy atom. The van der Waals surface area contributed by atoms with Crippen molar-refractivity contribution >= 4 is 10.9 Å². The van der Waals surface area contributed by atoms with Crippen molar-refractivity contribution in [1.82, 2.24) is 4.57 Å². The number of rotatable bonds is 5. The molecule has 1 aromatic heterocycles. The summed E-state index contributed by atoms with van der Waals surface area (Å²) in [7, 11) is 0. The van der Waals surface area contributed by atoms with Gasteiger partial charge in [-0.15, -0.1) is 0 Å². The average Bonchev–Trinajstić information content (AvgIpc) is 2.71. The highest BCUT2D eigenvalue weighted by atomic mass is 15.0. The van der Waals surface area contributed by atoms with Crippen LogP contribution in [0.4, 0.5) is 0 Å². The summed E-state index contributed by atoms with van der Waals surface area (Å²) in [6.07, 6.45) is 4.38. The van der Waals surface area contributed by atoms with E-state index < -0.39 is 0 Å². The van der Waals surface area contributed by atoms with Gasteiger partial charge in [0.05, 0.1) is 0 Å². The summed E-state index contributed by atoms with van der Waals surface area (Å²) in [5, 5.41) is 1.33. The summed E-state index contributed by atoms with van der Waals surface area (Å²) < 4.78 is 2.36. The van der Waals surface area contributed by atoms with Crippen LogP contribution in [0.25, 0.3) is 10.9 Å². The molecule has 1 aromatic carbocycles.